The first-order chi connectivity index (χ1) is 6.02. The Hall–Kier alpha value is -0.130. The van der Waals surface area contributed by atoms with Gasteiger partial charge in [0.15, 0.2) is 9.84 Å². The summed E-state index contributed by atoms with van der Waals surface area (Å²) in [7, 11) is -1.21. The minimum absolute atomic E-state index is 0.523. The van der Waals surface area contributed by atoms with E-state index in [-0.39, 0.29) is 0 Å². The van der Waals surface area contributed by atoms with E-state index in [0.29, 0.717) is 32.6 Å². The summed E-state index contributed by atoms with van der Waals surface area (Å²) in [6, 6.07) is 0. The van der Waals surface area contributed by atoms with Gasteiger partial charge in [0.1, 0.15) is 0 Å². The Balaban J connectivity index is 2.86. The Morgan fingerprint density at radius 2 is 1.92 bits per heavy atom. The van der Waals surface area contributed by atoms with Crippen LogP contribution in [0.2, 0.25) is 0 Å². The van der Waals surface area contributed by atoms with Crippen molar-refractivity contribution in [3.05, 3.63) is 0 Å². The van der Waals surface area contributed by atoms with Crippen LogP contribution < -0.4 is 5.32 Å². The van der Waals surface area contributed by atoms with E-state index in [2.05, 4.69) is 5.32 Å². The normalized spacial score (nSPS) is 22.9. The van der Waals surface area contributed by atoms with Gasteiger partial charge in [-0.15, -0.1) is 0 Å². The van der Waals surface area contributed by atoms with Crippen molar-refractivity contribution in [1.29, 1.82) is 0 Å². The maximum absolute atomic E-state index is 11.6. The summed E-state index contributed by atoms with van der Waals surface area (Å²) < 4.78 is 27.8. The van der Waals surface area contributed by atoms with Gasteiger partial charge >= 0.3 is 0 Å². The highest BCUT2D eigenvalue weighted by atomic mass is 32.2. The number of rotatable bonds is 3. The Bertz CT molecular complexity index is 249. The largest absolute Gasteiger partial charge is 0.381 e. The maximum atomic E-state index is 11.6. The lowest BCUT2D eigenvalue weighted by Gasteiger charge is -2.35. The summed E-state index contributed by atoms with van der Waals surface area (Å²) >= 11 is 0. The molecule has 0 unspecified atom stereocenters. The molecule has 0 aliphatic carbocycles. The molecule has 1 saturated heterocycles. The zero-order valence-corrected chi connectivity index (χ0v) is 8.99. The number of sulfone groups is 1. The van der Waals surface area contributed by atoms with Crippen LogP contribution in [0.4, 0.5) is 0 Å². The SMILES string of the molecule is CNCC1(S(C)(=O)=O)CCOCC1. The highest BCUT2D eigenvalue weighted by molar-refractivity contribution is 7.92. The molecule has 0 aromatic rings. The molecule has 1 heterocycles. The molecule has 4 nitrogen and oxygen atoms in total. The van der Waals surface area contributed by atoms with Gasteiger partial charge in [-0.1, -0.05) is 0 Å². The van der Waals surface area contributed by atoms with Crippen LogP contribution in [0.25, 0.3) is 0 Å². The van der Waals surface area contributed by atoms with Crippen molar-refractivity contribution in [2.45, 2.75) is 17.6 Å². The summed E-state index contributed by atoms with van der Waals surface area (Å²) in [5.41, 5.74) is 0. The van der Waals surface area contributed by atoms with Crippen LogP contribution in [0, 0.1) is 0 Å². The van der Waals surface area contributed by atoms with Crippen molar-refractivity contribution in [3.8, 4) is 0 Å². The molecule has 1 fully saturated rings. The van der Waals surface area contributed by atoms with Crippen molar-refractivity contribution in [1.82, 2.24) is 5.32 Å². The second kappa shape index (κ2) is 3.94. The summed E-state index contributed by atoms with van der Waals surface area (Å²) in [5.74, 6) is 0. The smallest absolute Gasteiger partial charge is 0.154 e. The third-order valence-electron chi connectivity index (χ3n) is 2.69. The zero-order valence-electron chi connectivity index (χ0n) is 8.17. The van der Waals surface area contributed by atoms with E-state index in [4.69, 9.17) is 4.74 Å². The average molecular weight is 207 g/mol. The van der Waals surface area contributed by atoms with Gasteiger partial charge in [0.2, 0.25) is 0 Å². The van der Waals surface area contributed by atoms with Crippen molar-refractivity contribution in [2.75, 3.05) is 33.1 Å². The van der Waals surface area contributed by atoms with Crippen molar-refractivity contribution in [3.63, 3.8) is 0 Å². The molecule has 0 amide bonds. The number of nitrogens with one attached hydrogen (secondary N) is 1. The van der Waals surface area contributed by atoms with Crippen molar-refractivity contribution in [2.24, 2.45) is 0 Å². The van der Waals surface area contributed by atoms with Crippen LogP contribution in [0.15, 0.2) is 0 Å². The third kappa shape index (κ3) is 2.21. The first-order valence-corrected chi connectivity index (χ1v) is 6.33. The molecule has 13 heavy (non-hydrogen) atoms. The Labute approximate surface area is 79.6 Å². The standard InChI is InChI=1S/C8H17NO3S/c1-9-7-8(13(2,10)11)3-5-12-6-4-8/h9H,3-7H2,1-2H3. The topological polar surface area (TPSA) is 55.4 Å². The van der Waals surface area contributed by atoms with Gasteiger partial charge in [0.05, 0.1) is 4.75 Å². The molecule has 0 atom stereocenters. The first-order valence-electron chi connectivity index (χ1n) is 4.44. The zero-order chi connectivity index (χ0) is 9.95. The van der Waals surface area contributed by atoms with Crippen LogP contribution >= 0.6 is 0 Å². The summed E-state index contributed by atoms with van der Waals surface area (Å²) in [6.45, 7) is 1.62. The molecule has 0 radical (unpaired) electrons. The quantitative estimate of drug-likeness (QED) is 0.696. The maximum Gasteiger partial charge on any atom is 0.154 e. The van der Waals surface area contributed by atoms with Gasteiger partial charge in [-0.25, -0.2) is 8.42 Å². The summed E-state index contributed by atoms with van der Waals surface area (Å²) in [4.78, 5) is 0. The van der Waals surface area contributed by atoms with Crippen LogP contribution in [0.5, 0.6) is 0 Å². The molecule has 78 valence electrons. The second-order valence-corrected chi connectivity index (χ2v) is 6.01. The van der Waals surface area contributed by atoms with E-state index in [1.165, 1.54) is 6.26 Å². The predicted molar refractivity (Wildman–Crippen MR) is 51.6 cm³/mol. The van der Waals surface area contributed by atoms with Gasteiger partial charge in [-0.2, -0.15) is 0 Å². The lowest BCUT2D eigenvalue weighted by atomic mass is 9.99. The number of ether oxygens (including phenoxy) is 1. The van der Waals surface area contributed by atoms with Crippen LogP contribution in [0.3, 0.4) is 0 Å². The molecular formula is C8H17NO3S. The van der Waals surface area contributed by atoms with E-state index in [0.717, 1.165) is 0 Å². The van der Waals surface area contributed by atoms with Crippen LogP contribution in [-0.4, -0.2) is 46.2 Å². The highest BCUT2D eigenvalue weighted by Gasteiger charge is 2.41. The van der Waals surface area contributed by atoms with E-state index in [1.54, 1.807) is 7.05 Å². The minimum Gasteiger partial charge on any atom is -0.381 e. The minimum atomic E-state index is -2.99. The number of hydrogen-bond acceptors (Lipinski definition) is 4. The highest BCUT2D eigenvalue weighted by Crippen LogP contribution is 2.28. The van der Waals surface area contributed by atoms with Gasteiger partial charge < -0.3 is 10.1 Å². The Kier molecular flexibility index (Phi) is 3.32. The Morgan fingerprint density at radius 3 is 2.31 bits per heavy atom. The third-order valence-corrected chi connectivity index (χ3v) is 4.82. The molecule has 5 heteroatoms. The van der Waals surface area contributed by atoms with E-state index in [9.17, 15) is 8.42 Å². The average Bonchev–Trinajstić information content (AvgIpc) is 2.04. The molecule has 0 aromatic heterocycles. The van der Waals surface area contributed by atoms with Gasteiger partial charge in [-0.05, 0) is 19.9 Å². The van der Waals surface area contributed by atoms with Crippen LogP contribution in [0.1, 0.15) is 12.8 Å². The van der Waals surface area contributed by atoms with E-state index < -0.39 is 14.6 Å². The fraction of sp³-hybridized carbons (Fsp3) is 1.00. The fourth-order valence-electron chi connectivity index (χ4n) is 1.74. The van der Waals surface area contributed by atoms with Crippen LogP contribution in [-0.2, 0) is 14.6 Å². The van der Waals surface area contributed by atoms with E-state index in [1.807, 2.05) is 0 Å². The van der Waals surface area contributed by atoms with Gasteiger partial charge in [-0.3, -0.25) is 0 Å². The molecule has 0 aromatic carbocycles. The molecule has 1 N–H and O–H groups in total. The van der Waals surface area contributed by atoms with E-state index >= 15 is 0 Å². The lowest BCUT2D eigenvalue weighted by Crippen LogP contribution is -2.50. The molecular weight excluding hydrogens is 190 g/mol. The monoisotopic (exact) mass is 207 g/mol. The fourth-order valence-corrected chi connectivity index (χ4v) is 3.06. The lowest BCUT2D eigenvalue weighted by molar-refractivity contribution is 0.0750. The van der Waals surface area contributed by atoms with Crippen molar-refractivity contribution < 1.29 is 13.2 Å². The molecule has 0 saturated carbocycles. The molecule has 1 aliphatic heterocycles. The Morgan fingerprint density at radius 1 is 1.38 bits per heavy atom. The summed E-state index contributed by atoms with van der Waals surface area (Å²) in [5, 5.41) is 2.95. The first kappa shape index (κ1) is 10.9. The molecule has 1 aliphatic rings. The van der Waals surface area contributed by atoms with Gasteiger partial charge in [0, 0.05) is 26.0 Å². The molecule has 0 bridgehead atoms. The second-order valence-electron chi connectivity index (χ2n) is 3.60. The van der Waals surface area contributed by atoms with Crippen molar-refractivity contribution >= 4 is 9.84 Å². The molecule has 0 spiro atoms. The summed E-state index contributed by atoms with van der Waals surface area (Å²) in [6.07, 6.45) is 2.52. The van der Waals surface area contributed by atoms with Gasteiger partial charge in [0.25, 0.3) is 0 Å². The number of hydrogen-bond donors (Lipinski definition) is 1. The molecule has 1 rings (SSSR count). The predicted octanol–water partition coefficient (Wildman–Crippen LogP) is -0.200.